The van der Waals surface area contributed by atoms with E-state index >= 15 is 0 Å². The van der Waals surface area contributed by atoms with E-state index < -0.39 is 0 Å². The molecule has 0 unspecified atom stereocenters. The topological polar surface area (TPSA) is 34.1 Å². The maximum Gasteiger partial charge on any atom is 0.219 e. The SMILES string of the molecule is CNCc1cc(Oc2cccc(F)c2)nc(C(C)(C)C)c1. The Morgan fingerprint density at radius 1 is 1.19 bits per heavy atom. The minimum absolute atomic E-state index is 0.0796. The molecular formula is C17H21FN2O. The van der Waals surface area contributed by atoms with Crippen LogP contribution in [-0.2, 0) is 12.0 Å². The molecule has 0 radical (unpaired) electrons. The summed E-state index contributed by atoms with van der Waals surface area (Å²) in [5.41, 5.74) is 1.95. The van der Waals surface area contributed by atoms with Gasteiger partial charge >= 0.3 is 0 Å². The molecule has 0 spiro atoms. The molecular weight excluding hydrogens is 267 g/mol. The maximum atomic E-state index is 13.2. The van der Waals surface area contributed by atoms with Crippen LogP contribution in [0.5, 0.6) is 11.6 Å². The first-order valence-electron chi connectivity index (χ1n) is 6.98. The number of halogens is 1. The molecule has 112 valence electrons. The van der Waals surface area contributed by atoms with E-state index in [-0.39, 0.29) is 11.2 Å². The number of aromatic nitrogens is 1. The van der Waals surface area contributed by atoms with Crippen LogP contribution in [0.1, 0.15) is 32.0 Å². The lowest BCUT2D eigenvalue weighted by molar-refractivity contribution is 0.446. The van der Waals surface area contributed by atoms with Gasteiger partial charge in [0, 0.05) is 24.1 Å². The van der Waals surface area contributed by atoms with Gasteiger partial charge in [-0.3, -0.25) is 0 Å². The molecule has 0 atom stereocenters. The molecule has 0 saturated heterocycles. The molecule has 0 amide bonds. The predicted octanol–water partition coefficient (Wildman–Crippen LogP) is 4.03. The fourth-order valence-corrected chi connectivity index (χ4v) is 1.95. The molecule has 1 heterocycles. The molecule has 0 aliphatic carbocycles. The van der Waals surface area contributed by atoms with Gasteiger partial charge in [0.1, 0.15) is 11.6 Å². The zero-order valence-corrected chi connectivity index (χ0v) is 12.9. The Morgan fingerprint density at radius 2 is 1.95 bits per heavy atom. The summed E-state index contributed by atoms with van der Waals surface area (Å²) in [5, 5.41) is 3.12. The van der Waals surface area contributed by atoms with Gasteiger partial charge in [-0.25, -0.2) is 9.37 Å². The number of nitrogens with zero attached hydrogens (tertiary/aromatic N) is 1. The second-order valence-electron chi connectivity index (χ2n) is 6.04. The fourth-order valence-electron chi connectivity index (χ4n) is 1.95. The lowest BCUT2D eigenvalue weighted by Gasteiger charge is -2.20. The fraction of sp³-hybridized carbons (Fsp3) is 0.353. The zero-order chi connectivity index (χ0) is 15.5. The third-order valence-corrected chi connectivity index (χ3v) is 3.03. The van der Waals surface area contributed by atoms with E-state index in [1.807, 2.05) is 13.1 Å². The van der Waals surface area contributed by atoms with E-state index in [9.17, 15) is 4.39 Å². The minimum atomic E-state index is -0.324. The Hall–Kier alpha value is -1.94. The monoisotopic (exact) mass is 288 g/mol. The minimum Gasteiger partial charge on any atom is -0.439 e. The van der Waals surface area contributed by atoms with Crippen molar-refractivity contribution in [2.75, 3.05) is 7.05 Å². The lowest BCUT2D eigenvalue weighted by atomic mass is 9.91. The van der Waals surface area contributed by atoms with Gasteiger partial charge in [0.25, 0.3) is 0 Å². The van der Waals surface area contributed by atoms with E-state index in [2.05, 4.69) is 37.1 Å². The van der Waals surface area contributed by atoms with Crippen LogP contribution >= 0.6 is 0 Å². The largest absolute Gasteiger partial charge is 0.439 e. The highest BCUT2D eigenvalue weighted by molar-refractivity contribution is 5.32. The van der Waals surface area contributed by atoms with Gasteiger partial charge in [0.15, 0.2) is 0 Å². The molecule has 4 heteroatoms. The molecule has 0 aliphatic heterocycles. The molecule has 2 rings (SSSR count). The van der Waals surface area contributed by atoms with E-state index in [0.29, 0.717) is 11.6 Å². The van der Waals surface area contributed by atoms with Crippen molar-refractivity contribution < 1.29 is 9.13 Å². The molecule has 3 nitrogen and oxygen atoms in total. The molecule has 1 aromatic carbocycles. The van der Waals surface area contributed by atoms with Gasteiger partial charge in [0.05, 0.1) is 5.69 Å². The summed E-state index contributed by atoms with van der Waals surface area (Å²) in [5.74, 6) is 0.608. The van der Waals surface area contributed by atoms with Gasteiger partial charge in [-0.05, 0) is 30.8 Å². The molecule has 2 aromatic rings. The summed E-state index contributed by atoms with van der Waals surface area (Å²) in [6.07, 6.45) is 0. The normalized spacial score (nSPS) is 11.5. The highest BCUT2D eigenvalue weighted by Crippen LogP contribution is 2.27. The summed E-state index contributed by atoms with van der Waals surface area (Å²) < 4.78 is 18.9. The van der Waals surface area contributed by atoms with E-state index in [4.69, 9.17) is 4.74 Å². The number of rotatable bonds is 4. The second kappa shape index (κ2) is 6.22. The summed E-state index contributed by atoms with van der Waals surface area (Å²) in [4.78, 5) is 4.54. The summed E-state index contributed by atoms with van der Waals surface area (Å²) in [6.45, 7) is 7.03. The zero-order valence-electron chi connectivity index (χ0n) is 12.9. The molecule has 0 aliphatic rings. The number of hydrogen-bond acceptors (Lipinski definition) is 3. The van der Waals surface area contributed by atoms with Crippen LogP contribution in [0.3, 0.4) is 0 Å². The number of nitrogens with one attached hydrogen (secondary N) is 1. The van der Waals surface area contributed by atoms with Crippen LogP contribution in [0.4, 0.5) is 4.39 Å². The quantitative estimate of drug-likeness (QED) is 0.922. The summed E-state index contributed by atoms with van der Waals surface area (Å²) >= 11 is 0. The number of benzene rings is 1. The van der Waals surface area contributed by atoms with Crippen LogP contribution in [0.15, 0.2) is 36.4 Å². The van der Waals surface area contributed by atoms with Gasteiger partial charge < -0.3 is 10.1 Å². The van der Waals surface area contributed by atoms with Gasteiger partial charge in [-0.1, -0.05) is 26.8 Å². The van der Waals surface area contributed by atoms with Crippen molar-refractivity contribution in [2.24, 2.45) is 0 Å². The van der Waals surface area contributed by atoms with Crippen LogP contribution in [0.25, 0.3) is 0 Å². The average Bonchev–Trinajstić information content (AvgIpc) is 2.37. The Labute approximate surface area is 125 Å². The van der Waals surface area contributed by atoms with Crippen molar-refractivity contribution in [3.8, 4) is 11.6 Å². The van der Waals surface area contributed by atoms with Crippen LogP contribution in [0, 0.1) is 5.82 Å². The Balaban J connectivity index is 2.35. The molecule has 1 aromatic heterocycles. The first-order chi connectivity index (χ1) is 9.88. The first kappa shape index (κ1) is 15.4. The van der Waals surface area contributed by atoms with Gasteiger partial charge in [0.2, 0.25) is 5.88 Å². The summed E-state index contributed by atoms with van der Waals surface area (Å²) in [7, 11) is 1.89. The molecule has 1 N–H and O–H groups in total. The molecule has 0 fully saturated rings. The smallest absolute Gasteiger partial charge is 0.219 e. The van der Waals surface area contributed by atoms with Crippen LogP contribution < -0.4 is 10.1 Å². The first-order valence-corrected chi connectivity index (χ1v) is 6.98. The van der Waals surface area contributed by atoms with Crippen molar-refractivity contribution in [3.63, 3.8) is 0 Å². The van der Waals surface area contributed by atoms with Crippen molar-refractivity contribution in [2.45, 2.75) is 32.7 Å². The van der Waals surface area contributed by atoms with Crippen LogP contribution in [-0.4, -0.2) is 12.0 Å². The van der Waals surface area contributed by atoms with E-state index in [1.54, 1.807) is 12.1 Å². The van der Waals surface area contributed by atoms with Crippen molar-refractivity contribution in [3.05, 3.63) is 53.5 Å². The molecule has 21 heavy (non-hydrogen) atoms. The Kier molecular flexibility index (Phi) is 4.58. The van der Waals surface area contributed by atoms with Crippen molar-refractivity contribution in [1.82, 2.24) is 10.3 Å². The van der Waals surface area contributed by atoms with E-state index in [1.165, 1.54) is 12.1 Å². The second-order valence-corrected chi connectivity index (χ2v) is 6.04. The van der Waals surface area contributed by atoms with Gasteiger partial charge in [-0.2, -0.15) is 0 Å². The van der Waals surface area contributed by atoms with Crippen LogP contribution in [0.2, 0.25) is 0 Å². The number of ether oxygens (including phenoxy) is 1. The standard InChI is InChI=1S/C17H21FN2O/c1-17(2,3)15-8-12(11-19-4)9-16(20-15)21-14-7-5-6-13(18)10-14/h5-10,19H,11H2,1-4H3. The molecule has 0 saturated carbocycles. The Bertz CT molecular complexity index is 620. The molecule has 0 bridgehead atoms. The number of hydrogen-bond donors (Lipinski definition) is 1. The van der Waals surface area contributed by atoms with Gasteiger partial charge in [-0.15, -0.1) is 0 Å². The van der Waals surface area contributed by atoms with Crippen molar-refractivity contribution in [1.29, 1.82) is 0 Å². The highest BCUT2D eigenvalue weighted by atomic mass is 19.1. The summed E-state index contributed by atoms with van der Waals surface area (Å²) in [6, 6.07) is 10.0. The highest BCUT2D eigenvalue weighted by Gasteiger charge is 2.17. The third kappa shape index (κ3) is 4.26. The average molecular weight is 288 g/mol. The number of pyridine rings is 1. The predicted molar refractivity (Wildman–Crippen MR) is 82.2 cm³/mol. The Morgan fingerprint density at radius 3 is 2.57 bits per heavy atom. The lowest BCUT2D eigenvalue weighted by Crippen LogP contribution is -2.15. The van der Waals surface area contributed by atoms with Crippen molar-refractivity contribution >= 4 is 0 Å². The maximum absolute atomic E-state index is 13.2. The van der Waals surface area contributed by atoms with E-state index in [0.717, 1.165) is 17.8 Å². The third-order valence-electron chi connectivity index (χ3n) is 3.03.